The zero-order valence-electron chi connectivity index (χ0n) is 15.6. The van der Waals surface area contributed by atoms with Crippen LogP contribution in [0.3, 0.4) is 0 Å². The fourth-order valence-electron chi connectivity index (χ4n) is 3.15. The number of rotatable bonds is 16. The van der Waals surface area contributed by atoms with Crippen molar-refractivity contribution in [3.8, 4) is 0 Å². The second-order valence-electron chi connectivity index (χ2n) is 6.94. The minimum atomic E-state index is 0.988. The molecular formula is C21H40N2. The summed E-state index contributed by atoms with van der Waals surface area (Å²) in [6, 6.07) is 0. The van der Waals surface area contributed by atoms with Gasteiger partial charge in [0.05, 0.1) is 12.4 Å². The van der Waals surface area contributed by atoms with Gasteiger partial charge in [-0.15, -0.1) is 0 Å². The molecule has 2 nitrogen and oxygen atoms in total. The third-order valence-electron chi connectivity index (χ3n) is 4.67. The first kappa shape index (κ1) is 20.3. The lowest BCUT2D eigenvalue weighted by Gasteiger charge is -2.02. The normalized spacial score (nSPS) is 14.4. The van der Waals surface area contributed by atoms with Crippen molar-refractivity contribution >= 4 is 5.84 Å². The molecule has 1 N–H and O–H groups in total. The Hall–Kier alpha value is -0.790. The Kier molecular flexibility index (Phi) is 14.2. The summed E-state index contributed by atoms with van der Waals surface area (Å²) in [6.45, 7) is 4.33. The molecule has 0 fully saturated rings. The van der Waals surface area contributed by atoms with Crippen LogP contribution in [0.4, 0.5) is 0 Å². The third-order valence-corrected chi connectivity index (χ3v) is 4.67. The lowest BCUT2D eigenvalue weighted by atomic mass is 10.1. The molecular weight excluding hydrogens is 280 g/mol. The fourth-order valence-corrected chi connectivity index (χ4v) is 3.15. The van der Waals surface area contributed by atoms with E-state index in [1.54, 1.807) is 0 Å². The van der Waals surface area contributed by atoms with Crippen LogP contribution in [0.2, 0.25) is 0 Å². The summed E-state index contributed by atoms with van der Waals surface area (Å²) in [5, 5.41) is 3.35. The number of unbranched alkanes of at least 4 members (excludes halogenated alkanes) is 12. The molecule has 0 amide bonds. The third kappa shape index (κ3) is 13.4. The largest absolute Gasteiger partial charge is 0.372 e. The van der Waals surface area contributed by atoms with Crippen molar-refractivity contribution in [2.24, 2.45) is 4.99 Å². The molecule has 0 atom stereocenters. The molecule has 1 heterocycles. The molecule has 0 spiro atoms. The smallest absolute Gasteiger partial charge is 0.0964 e. The van der Waals surface area contributed by atoms with E-state index in [1.807, 2.05) is 0 Å². The van der Waals surface area contributed by atoms with Crippen molar-refractivity contribution in [1.82, 2.24) is 5.32 Å². The van der Waals surface area contributed by atoms with E-state index in [0.717, 1.165) is 13.1 Å². The number of allylic oxidation sites excluding steroid dienone is 2. The van der Waals surface area contributed by atoms with Crippen molar-refractivity contribution in [2.75, 3.05) is 13.1 Å². The molecule has 0 aromatic rings. The molecule has 134 valence electrons. The van der Waals surface area contributed by atoms with Gasteiger partial charge in [-0.3, -0.25) is 4.99 Å². The Morgan fingerprint density at radius 3 is 1.91 bits per heavy atom. The molecule has 1 rings (SSSR count). The van der Waals surface area contributed by atoms with Gasteiger partial charge >= 0.3 is 0 Å². The van der Waals surface area contributed by atoms with Gasteiger partial charge in [-0.25, -0.2) is 0 Å². The lowest BCUT2D eigenvalue weighted by Crippen LogP contribution is -2.17. The predicted molar refractivity (Wildman–Crippen MR) is 104 cm³/mol. The summed E-state index contributed by atoms with van der Waals surface area (Å²) in [7, 11) is 0. The monoisotopic (exact) mass is 320 g/mol. The van der Waals surface area contributed by atoms with Gasteiger partial charge in [-0.2, -0.15) is 0 Å². The first-order valence-electron chi connectivity index (χ1n) is 10.4. The van der Waals surface area contributed by atoms with E-state index in [4.69, 9.17) is 0 Å². The zero-order valence-corrected chi connectivity index (χ0v) is 15.6. The average Bonchev–Trinajstić information content (AvgIpc) is 3.08. The van der Waals surface area contributed by atoms with E-state index in [2.05, 4.69) is 29.4 Å². The molecule has 0 radical (unpaired) electrons. The second kappa shape index (κ2) is 16.1. The molecule has 0 saturated carbocycles. The highest BCUT2D eigenvalue weighted by Gasteiger charge is 2.03. The number of aliphatic imine (C=N–C) groups is 1. The van der Waals surface area contributed by atoms with Crippen molar-refractivity contribution in [3.63, 3.8) is 0 Å². The maximum Gasteiger partial charge on any atom is 0.0964 e. The maximum atomic E-state index is 4.44. The van der Waals surface area contributed by atoms with Gasteiger partial charge in [0.2, 0.25) is 0 Å². The Morgan fingerprint density at radius 2 is 1.35 bits per heavy atom. The number of nitrogens with zero attached hydrogens (tertiary/aromatic N) is 1. The quantitative estimate of drug-likeness (QED) is 0.258. The first-order valence-corrected chi connectivity index (χ1v) is 10.4. The summed E-state index contributed by atoms with van der Waals surface area (Å²) in [5.74, 6) is 1.25. The molecule has 0 aromatic heterocycles. The molecule has 0 unspecified atom stereocenters. The summed E-state index contributed by atoms with van der Waals surface area (Å²) < 4.78 is 0. The van der Waals surface area contributed by atoms with E-state index in [9.17, 15) is 0 Å². The average molecular weight is 321 g/mol. The SMILES string of the molecule is CCCCCCCCC=CCCCCCCCCC1=NCCN1. The van der Waals surface area contributed by atoms with Crippen molar-refractivity contribution < 1.29 is 0 Å². The van der Waals surface area contributed by atoms with Crippen LogP contribution >= 0.6 is 0 Å². The Labute approximate surface area is 145 Å². The Bertz CT molecular complexity index is 307. The highest BCUT2D eigenvalue weighted by Crippen LogP contribution is 2.11. The van der Waals surface area contributed by atoms with E-state index < -0.39 is 0 Å². The molecule has 0 bridgehead atoms. The molecule has 0 saturated heterocycles. The van der Waals surface area contributed by atoms with Crippen molar-refractivity contribution in [2.45, 2.75) is 103 Å². The number of amidine groups is 1. The Balaban J connectivity index is 1.71. The summed E-state index contributed by atoms with van der Waals surface area (Å²) >= 11 is 0. The van der Waals surface area contributed by atoms with Gasteiger partial charge in [-0.05, 0) is 32.1 Å². The van der Waals surface area contributed by atoms with Crippen molar-refractivity contribution in [3.05, 3.63) is 12.2 Å². The van der Waals surface area contributed by atoms with Gasteiger partial charge in [0, 0.05) is 13.0 Å². The zero-order chi connectivity index (χ0) is 16.4. The summed E-state index contributed by atoms with van der Waals surface area (Å²) in [6.07, 6.45) is 25.3. The van der Waals surface area contributed by atoms with E-state index in [0.29, 0.717) is 0 Å². The van der Waals surface area contributed by atoms with Crippen LogP contribution in [0.25, 0.3) is 0 Å². The topological polar surface area (TPSA) is 24.4 Å². The number of hydrogen-bond donors (Lipinski definition) is 1. The van der Waals surface area contributed by atoms with E-state index >= 15 is 0 Å². The minimum absolute atomic E-state index is 0.988. The summed E-state index contributed by atoms with van der Waals surface area (Å²) in [4.78, 5) is 4.44. The van der Waals surface area contributed by atoms with Gasteiger partial charge in [0.15, 0.2) is 0 Å². The number of nitrogens with one attached hydrogen (secondary N) is 1. The van der Waals surface area contributed by atoms with Gasteiger partial charge < -0.3 is 5.32 Å². The molecule has 2 heteroatoms. The highest BCUT2D eigenvalue weighted by atomic mass is 15.1. The molecule has 23 heavy (non-hydrogen) atoms. The van der Waals surface area contributed by atoms with Crippen LogP contribution in [-0.2, 0) is 0 Å². The van der Waals surface area contributed by atoms with Gasteiger partial charge in [-0.1, -0.05) is 76.9 Å². The standard InChI is InChI=1S/C21H40N2/c1-2-3-4-5-6-7-8-9-10-11-12-13-14-15-16-17-18-21-22-19-20-23-21/h9-10H,2-8,11-20H2,1H3,(H,22,23). The minimum Gasteiger partial charge on any atom is -0.372 e. The van der Waals surface area contributed by atoms with Crippen molar-refractivity contribution in [1.29, 1.82) is 0 Å². The second-order valence-corrected chi connectivity index (χ2v) is 6.94. The first-order chi connectivity index (χ1) is 11.4. The van der Waals surface area contributed by atoms with Crippen LogP contribution in [0.5, 0.6) is 0 Å². The molecule has 1 aliphatic rings. The molecule has 1 aliphatic heterocycles. The van der Waals surface area contributed by atoms with Gasteiger partial charge in [0.1, 0.15) is 0 Å². The number of hydrogen-bond acceptors (Lipinski definition) is 2. The summed E-state index contributed by atoms with van der Waals surface area (Å²) in [5.41, 5.74) is 0. The highest BCUT2D eigenvalue weighted by molar-refractivity contribution is 5.83. The van der Waals surface area contributed by atoms with Crippen LogP contribution in [-0.4, -0.2) is 18.9 Å². The van der Waals surface area contributed by atoms with E-state index in [1.165, 1.54) is 102 Å². The molecule has 0 aromatic carbocycles. The van der Waals surface area contributed by atoms with E-state index in [-0.39, 0.29) is 0 Å². The van der Waals surface area contributed by atoms with Crippen LogP contribution < -0.4 is 5.32 Å². The Morgan fingerprint density at radius 1 is 0.783 bits per heavy atom. The maximum absolute atomic E-state index is 4.44. The van der Waals surface area contributed by atoms with Gasteiger partial charge in [0.25, 0.3) is 0 Å². The molecule has 0 aliphatic carbocycles. The van der Waals surface area contributed by atoms with Crippen LogP contribution in [0.15, 0.2) is 17.1 Å². The van der Waals surface area contributed by atoms with Crippen LogP contribution in [0, 0.1) is 0 Å². The predicted octanol–water partition coefficient (Wildman–Crippen LogP) is 6.42. The van der Waals surface area contributed by atoms with Crippen LogP contribution in [0.1, 0.15) is 103 Å². The fraction of sp³-hybridized carbons (Fsp3) is 0.857. The lowest BCUT2D eigenvalue weighted by molar-refractivity contribution is 0.600.